The summed E-state index contributed by atoms with van der Waals surface area (Å²) in [6, 6.07) is 16.4. The summed E-state index contributed by atoms with van der Waals surface area (Å²) in [5, 5.41) is 3.42. The molecule has 1 N–H and O–H groups in total. The highest BCUT2D eigenvalue weighted by molar-refractivity contribution is 5.64. The van der Waals surface area contributed by atoms with Crippen molar-refractivity contribution in [3.05, 3.63) is 65.4 Å². The molecule has 2 aromatic carbocycles. The van der Waals surface area contributed by atoms with E-state index in [1.807, 2.05) is 31.2 Å². The Kier molecular flexibility index (Phi) is 5.51. The number of benzene rings is 2. The van der Waals surface area contributed by atoms with E-state index < -0.39 is 0 Å². The first-order chi connectivity index (χ1) is 14.2. The molecule has 6 nitrogen and oxygen atoms in total. The van der Waals surface area contributed by atoms with Crippen molar-refractivity contribution in [2.24, 2.45) is 0 Å². The molecule has 0 radical (unpaired) electrons. The summed E-state index contributed by atoms with van der Waals surface area (Å²) in [6.07, 6.45) is 2.20. The van der Waals surface area contributed by atoms with Crippen LogP contribution in [0.15, 0.2) is 48.5 Å². The zero-order valence-electron chi connectivity index (χ0n) is 17.1. The van der Waals surface area contributed by atoms with Crippen LogP contribution >= 0.6 is 0 Å². The first-order valence-corrected chi connectivity index (χ1v) is 9.84. The van der Waals surface area contributed by atoms with Crippen LogP contribution in [0.1, 0.15) is 23.2 Å². The number of nitrogens with one attached hydrogen (secondary N) is 1. The number of aromatic nitrogens is 2. The number of hydrogen-bond donors (Lipinski definition) is 1. The van der Waals surface area contributed by atoms with Crippen molar-refractivity contribution in [1.82, 2.24) is 9.97 Å². The van der Waals surface area contributed by atoms with E-state index in [1.165, 1.54) is 11.3 Å². The van der Waals surface area contributed by atoms with Crippen molar-refractivity contribution < 1.29 is 9.47 Å². The van der Waals surface area contributed by atoms with Gasteiger partial charge in [-0.25, -0.2) is 4.98 Å². The average molecular weight is 390 g/mol. The molecule has 1 aromatic heterocycles. The smallest absolute Gasteiger partial charge is 0.232 e. The third-order valence-electron chi connectivity index (χ3n) is 5.12. The minimum Gasteiger partial charge on any atom is -0.493 e. The predicted molar refractivity (Wildman–Crippen MR) is 115 cm³/mol. The number of rotatable bonds is 6. The summed E-state index contributed by atoms with van der Waals surface area (Å²) in [5.41, 5.74) is 4.58. The molecule has 0 bridgehead atoms. The number of para-hydroxylation sites is 1. The van der Waals surface area contributed by atoms with Crippen molar-refractivity contribution in [3.8, 4) is 11.5 Å². The molecule has 6 heteroatoms. The molecule has 1 aliphatic rings. The number of ether oxygens (including phenoxy) is 2. The highest BCUT2D eigenvalue weighted by Crippen LogP contribution is 2.32. The lowest BCUT2D eigenvalue weighted by Crippen LogP contribution is -2.26. The van der Waals surface area contributed by atoms with Gasteiger partial charge in [0.25, 0.3) is 0 Å². The van der Waals surface area contributed by atoms with Gasteiger partial charge in [0.15, 0.2) is 11.5 Å². The summed E-state index contributed by atoms with van der Waals surface area (Å²) in [5.74, 6) is 2.99. The first-order valence-electron chi connectivity index (χ1n) is 9.84. The molecule has 29 heavy (non-hydrogen) atoms. The second-order valence-electron chi connectivity index (χ2n) is 7.12. The maximum absolute atomic E-state index is 5.39. The minimum absolute atomic E-state index is 0.632. The molecular formula is C23H26N4O2. The standard InChI is InChI=1S/C23H26N4O2/c1-16-13-22(24-15-17-10-11-20(28-2)21(14-17)29-3)26-23(25-16)27-12-6-8-18-7-4-5-9-19(18)27/h4-5,7,9-11,13-14H,6,8,12,15H2,1-3H3,(H,24,25,26). The fourth-order valence-corrected chi connectivity index (χ4v) is 3.69. The van der Waals surface area contributed by atoms with Gasteiger partial charge in [-0.3, -0.25) is 0 Å². The van der Waals surface area contributed by atoms with Gasteiger partial charge in [-0.15, -0.1) is 0 Å². The SMILES string of the molecule is COc1ccc(CNc2cc(C)nc(N3CCCc4ccccc43)n2)cc1OC. The van der Waals surface area contributed by atoms with Crippen LogP contribution in [0.5, 0.6) is 11.5 Å². The van der Waals surface area contributed by atoms with E-state index in [4.69, 9.17) is 19.4 Å². The number of hydrogen-bond acceptors (Lipinski definition) is 6. The number of aryl methyl sites for hydroxylation is 2. The van der Waals surface area contributed by atoms with Crippen LogP contribution < -0.4 is 19.7 Å². The Labute approximate surface area is 171 Å². The second-order valence-corrected chi connectivity index (χ2v) is 7.12. The Hall–Kier alpha value is -3.28. The first kappa shape index (κ1) is 19.1. The van der Waals surface area contributed by atoms with Gasteiger partial charge in [0.1, 0.15) is 5.82 Å². The van der Waals surface area contributed by atoms with Crippen molar-refractivity contribution in [3.63, 3.8) is 0 Å². The molecule has 4 rings (SSSR count). The zero-order valence-corrected chi connectivity index (χ0v) is 17.1. The molecule has 0 spiro atoms. The molecule has 0 saturated carbocycles. The van der Waals surface area contributed by atoms with Crippen molar-refractivity contribution in [1.29, 1.82) is 0 Å². The highest BCUT2D eigenvalue weighted by atomic mass is 16.5. The van der Waals surface area contributed by atoms with Gasteiger partial charge in [-0.2, -0.15) is 4.98 Å². The van der Waals surface area contributed by atoms with Crippen LogP contribution in [0.3, 0.4) is 0 Å². The van der Waals surface area contributed by atoms with Crippen molar-refractivity contribution in [2.45, 2.75) is 26.3 Å². The molecule has 0 aliphatic carbocycles. The van der Waals surface area contributed by atoms with E-state index in [0.29, 0.717) is 6.54 Å². The molecule has 1 aliphatic heterocycles. The highest BCUT2D eigenvalue weighted by Gasteiger charge is 2.20. The lowest BCUT2D eigenvalue weighted by Gasteiger charge is -2.29. The monoisotopic (exact) mass is 390 g/mol. The summed E-state index contributed by atoms with van der Waals surface area (Å²) in [7, 11) is 3.28. The van der Waals surface area contributed by atoms with Gasteiger partial charge in [0.05, 0.1) is 14.2 Å². The Balaban J connectivity index is 1.56. The Bertz CT molecular complexity index is 1010. The van der Waals surface area contributed by atoms with Crippen LogP contribution in [-0.2, 0) is 13.0 Å². The van der Waals surface area contributed by atoms with Crippen LogP contribution in [0, 0.1) is 6.92 Å². The number of methoxy groups -OCH3 is 2. The quantitative estimate of drug-likeness (QED) is 0.669. The maximum Gasteiger partial charge on any atom is 0.232 e. The minimum atomic E-state index is 0.632. The molecule has 0 fully saturated rings. The lowest BCUT2D eigenvalue weighted by atomic mass is 10.0. The number of fused-ring (bicyclic) bond motifs is 1. The average Bonchev–Trinajstić information content (AvgIpc) is 2.76. The molecule has 0 saturated heterocycles. The molecular weight excluding hydrogens is 364 g/mol. The van der Waals surface area contributed by atoms with E-state index in [1.54, 1.807) is 14.2 Å². The predicted octanol–water partition coefficient (Wildman–Crippen LogP) is 4.50. The van der Waals surface area contributed by atoms with Crippen LogP contribution in [0.25, 0.3) is 0 Å². The molecule has 3 aromatic rings. The van der Waals surface area contributed by atoms with E-state index in [2.05, 4.69) is 34.5 Å². The van der Waals surface area contributed by atoms with Crippen LogP contribution in [0.2, 0.25) is 0 Å². The zero-order chi connectivity index (χ0) is 20.2. The largest absolute Gasteiger partial charge is 0.493 e. The van der Waals surface area contributed by atoms with Crippen molar-refractivity contribution in [2.75, 3.05) is 31.0 Å². The maximum atomic E-state index is 5.39. The molecule has 150 valence electrons. The number of anilines is 3. The third-order valence-corrected chi connectivity index (χ3v) is 5.12. The van der Waals surface area contributed by atoms with Gasteiger partial charge in [-0.05, 0) is 49.1 Å². The summed E-state index contributed by atoms with van der Waals surface area (Å²) < 4.78 is 10.7. The van der Waals surface area contributed by atoms with Crippen molar-refractivity contribution >= 4 is 17.5 Å². The second kappa shape index (κ2) is 8.39. The topological polar surface area (TPSA) is 59.5 Å². The fraction of sp³-hybridized carbons (Fsp3) is 0.304. The van der Waals surface area contributed by atoms with Gasteiger partial charge < -0.3 is 19.7 Å². The Morgan fingerprint density at radius 1 is 1.00 bits per heavy atom. The van der Waals surface area contributed by atoms with E-state index >= 15 is 0 Å². The van der Waals surface area contributed by atoms with E-state index in [-0.39, 0.29) is 0 Å². The Morgan fingerprint density at radius 2 is 1.83 bits per heavy atom. The van der Waals surface area contributed by atoms with Crippen LogP contribution in [0.4, 0.5) is 17.5 Å². The fourth-order valence-electron chi connectivity index (χ4n) is 3.69. The summed E-state index contributed by atoms with van der Waals surface area (Å²) >= 11 is 0. The van der Waals surface area contributed by atoms with Gasteiger partial charge in [-0.1, -0.05) is 24.3 Å². The molecule has 2 heterocycles. The normalized spacial score (nSPS) is 13.0. The summed E-state index contributed by atoms with van der Waals surface area (Å²) in [6.45, 7) is 3.56. The van der Waals surface area contributed by atoms with Gasteiger partial charge in [0.2, 0.25) is 5.95 Å². The van der Waals surface area contributed by atoms with E-state index in [9.17, 15) is 0 Å². The summed E-state index contributed by atoms with van der Waals surface area (Å²) in [4.78, 5) is 11.7. The van der Waals surface area contributed by atoms with E-state index in [0.717, 1.165) is 53.9 Å². The molecule has 0 amide bonds. The van der Waals surface area contributed by atoms with Gasteiger partial charge in [0, 0.05) is 30.5 Å². The third kappa shape index (κ3) is 4.11. The van der Waals surface area contributed by atoms with Crippen LogP contribution in [-0.4, -0.2) is 30.7 Å². The molecule has 0 unspecified atom stereocenters. The number of nitrogens with zero attached hydrogens (tertiary/aromatic N) is 3. The molecule has 0 atom stereocenters. The van der Waals surface area contributed by atoms with Gasteiger partial charge >= 0.3 is 0 Å². The Morgan fingerprint density at radius 3 is 2.66 bits per heavy atom. The lowest BCUT2D eigenvalue weighted by molar-refractivity contribution is 0.354.